The first-order chi connectivity index (χ1) is 9.34. The van der Waals surface area contributed by atoms with E-state index < -0.39 is 10.3 Å². The van der Waals surface area contributed by atoms with E-state index in [9.17, 15) is 15.4 Å². The number of benzene rings is 1. The molecule has 0 spiro atoms. The summed E-state index contributed by atoms with van der Waals surface area (Å²) in [6.45, 7) is 13.3. The molecular formula is C16H23N3O2. The highest BCUT2D eigenvalue weighted by Gasteiger charge is 2.37. The molecule has 0 aliphatic heterocycles. The minimum Gasteiger partial charge on any atom is -0.393 e. The summed E-state index contributed by atoms with van der Waals surface area (Å²) in [6.07, 6.45) is 0. The second-order valence-electron chi connectivity index (χ2n) is 7.38. The van der Waals surface area contributed by atoms with Gasteiger partial charge in [-0.15, -0.1) is 0 Å². The largest absolute Gasteiger partial charge is 0.393 e. The molecule has 0 saturated heterocycles. The molecule has 0 aliphatic rings. The number of hydrogen-bond donors (Lipinski definition) is 1. The van der Waals surface area contributed by atoms with Gasteiger partial charge in [0.25, 0.3) is 5.69 Å². The Hall–Kier alpha value is -2.09. The third-order valence-electron chi connectivity index (χ3n) is 3.57. The van der Waals surface area contributed by atoms with Gasteiger partial charge in [0.1, 0.15) is 11.8 Å². The lowest BCUT2D eigenvalue weighted by atomic mass is 9.73. The maximum atomic E-state index is 11.5. The van der Waals surface area contributed by atoms with Crippen LogP contribution in [0.25, 0.3) is 0 Å². The molecule has 114 valence electrons. The van der Waals surface area contributed by atoms with E-state index in [1.807, 2.05) is 41.5 Å². The predicted octanol–water partition coefficient (Wildman–Crippen LogP) is 3.95. The van der Waals surface area contributed by atoms with Crippen molar-refractivity contribution >= 4 is 11.4 Å². The van der Waals surface area contributed by atoms with E-state index in [1.54, 1.807) is 6.92 Å². The van der Waals surface area contributed by atoms with Crippen LogP contribution >= 0.6 is 0 Å². The van der Waals surface area contributed by atoms with Crippen molar-refractivity contribution in [3.8, 4) is 6.07 Å². The van der Waals surface area contributed by atoms with Crippen molar-refractivity contribution < 1.29 is 4.92 Å². The summed E-state index contributed by atoms with van der Waals surface area (Å²) < 4.78 is 0. The van der Waals surface area contributed by atoms with Crippen molar-refractivity contribution in [2.24, 2.45) is 0 Å². The number of nitrogen functional groups attached to an aromatic ring is 1. The quantitative estimate of drug-likeness (QED) is 0.481. The molecule has 0 bridgehead atoms. The average Bonchev–Trinajstić information content (AvgIpc) is 2.27. The monoisotopic (exact) mass is 289 g/mol. The van der Waals surface area contributed by atoms with E-state index in [-0.39, 0.29) is 16.8 Å². The van der Waals surface area contributed by atoms with Crippen LogP contribution in [0.3, 0.4) is 0 Å². The number of nitro benzene ring substituents is 1. The molecule has 1 rings (SSSR count). The number of anilines is 1. The van der Waals surface area contributed by atoms with Crippen LogP contribution in [0.1, 0.15) is 63.8 Å². The van der Waals surface area contributed by atoms with E-state index in [0.717, 1.165) is 5.56 Å². The van der Waals surface area contributed by atoms with Gasteiger partial charge >= 0.3 is 0 Å². The summed E-state index contributed by atoms with van der Waals surface area (Å²) in [6, 6.07) is 2.18. The summed E-state index contributed by atoms with van der Waals surface area (Å²) in [5.74, 6) is 0. The number of nitrogens with two attached hydrogens (primary N) is 1. The van der Waals surface area contributed by atoms with Crippen LogP contribution in [0, 0.1) is 28.4 Å². The van der Waals surface area contributed by atoms with Crippen molar-refractivity contribution in [2.45, 2.75) is 59.3 Å². The summed E-state index contributed by atoms with van der Waals surface area (Å²) in [5.41, 5.74) is 7.43. The van der Waals surface area contributed by atoms with E-state index in [4.69, 9.17) is 5.73 Å². The van der Waals surface area contributed by atoms with Gasteiger partial charge in [0, 0.05) is 0 Å². The molecule has 0 aromatic heterocycles. The van der Waals surface area contributed by atoms with E-state index in [0.29, 0.717) is 16.7 Å². The molecule has 0 unspecified atom stereocenters. The Bertz CT molecular complexity index is 642. The van der Waals surface area contributed by atoms with Crippen LogP contribution in [-0.4, -0.2) is 4.92 Å². The number of nitriles is 1. The Balaban J connectivity index is 4.15. The Morgan fingerprint density at radius 1 is 1.10 bits per heavy atom. The second-order valence-corrected chi connectivity index (χ2v) is 7.38. The van der Waals surface area contributed by atoms with Crippen LogP contribution in [-0.2, 0) is 10.8 Å². The van der Waals surface area contributed by atoms with Gasteiger partial charge in [-0.1, -0.05) is 41.5 Å². The lowest BCUT2D eigenvalue weighted by molar-refractivity contribution is -0.385. The summed E-state index contributed by atoms with van der Waals surface area (Å²) in [4.78, 5) is 11.0. The fraction of sp³-hybridized carbons (Fsp3) is 0.562. The highest BCUT2D eigenvalue weighted by Crippen LogP contribution is 2.45. The smallest absolute Gasteiger partial charge is 0.297 e. The lowest BCUT2D eigenvalue weighted by Gasteiger charge is -2.29. The molecule has 21 heavy (non-hydrogen) atoms. The number of nitro groups is 1. The summed E-state index contributed by atoms with van der Waals surface area (Å²) >= 11 is 0. The van der Waals surface area contributed by atoms with E-state index in [1.165, 1.54) is 0 Å². The van der Waals surface area contributed by atoms with Crippen LogP contribution in [0.5, 0.6) is 0 Å². The van der Waals surface area contributed by atoms with Gasteiger partial charge in [-0.05, 0) is 28.9 Å². The molecule has 0 fully saturated rings. The molecule has 1 aromatic carbocycles. The van der Waals surface area contributed by atoms with Gasteiger partial charge in [0.05, 0.1) is 16.1 Å². The van der Waals surface area contributed by atoms with Crippen molar-refractivity contribution in [3.05, 3.63) is 32.4 Å². The van der Waals surface area contributed by atoms with Gasteiger partial charge in [0.15, 0.2) is 0 Å². The zero-order chi connectivity index (χ0) is 16.7. The van der Waals surface area contributed by atoms with E-state index >= 15 is 0 Å². The lowest BCUT2D eigenvalue weighted by Crippen LogP contribution is -2.24. The Morgan fingerprint density at radius 2 is 1.52 bits per heavy atom. The normalized spacial score (nSPS) is 12.1. The first kappa shape index (κ1) is 17.0. The van der Waals surface area contributed by atoms with Crippen molar-refractivity contribution in [1.29, 1.82) is 5.26 Å². The molecule has 1 aromatic rings. The van der Waals surface area contributed by atoms with E-state index in [2.05, 4.69) is 6.07 Å². The van der Waals surface area contributed by atoms with Crippen molar-refractivity contribution in [3.63, 3.8) is 0 Å². The third kappa shape index (κ3) is 2.85. The second kappa shape index (κ2) is 5.03. The molecule has 0 saturated carbocycles. The summed E-state index contributed by atoms with van der Waals surface area (Å²) in [5, 5.41) is 21.1. The molecule has 0 atom stereocenters. The molecule has 2 N–H and O–H groups in total. The third-order valence-corrected chi connectivity index (χ3v) is 3.57. The van der Waals surface area contributed by atoms with Gasteiger partial charge in [0.2, 0.25) is 0 Å². The number of nitrogens with zero attached hydrogens (tertiary/aromatic N) is 2. The number of rotatable bonds is 1. The average molecular weight is 289 g/mol. The fourth-order valence-corrected chi connectivity index (χ4v) is 2.85. The van der Waals surface area contributed by atoms with Crippen LogP contribution in [0.4, 0.5) is 11.4 Å². The highest BCUT2D eigenvalue weighted by atomic mass is 16.6. The molecule has 0 amide bonds. The van der Waals surface area contributed by atoms with Gasteiger partial charge in [-0.2, -0.15) is 5.26 Å². The zero-order valence-electron chi connectivity index (χ0n) is 13.8. The first-order valence-corrected chi connectivity index (χ1v) is 6.85. The Kier molecular flexibility index (Phi) is 4.06. The molecule has 5 heteroatoms. The van der Waals surface area contributed by atoms with Crippen molar-refractivity contribution in [1.82, 2.24) is 0 Å². The van der Waals surface area contributed by atoms with Gasteiger partial charge in [-0.3, -0.25) is 10.1 Å². The SMILES string of the molecule is Cc1c(N)c([N+](=O)[O-])c(C(C)(C)C)c(C#N)c1C(C)(C)C. The first-order valence-electron chi connectivity index (χ1n) is 6.85. The molecule has 5 nitrogen and oxygen atoms in total. The molecule has 0 aliphatic carbocycles. The van der Waals surface area contributed by atoms with Crippen LogP contribution in [0.15, 0.2) is 0 Å². The highest BCUT2D eigenvalue weighted by molar-refractivity contribution is 5.76. The Morgan fingerprint density at radius 3 is 1.81 bits per heavy atom. The minimum absolute atomic E-state index is 0.135. The Labute approximate surface area is 125 Å². The fourth-order valence-electron chi connectivity index (χ4n) is 2.85. The maximum Gasteiger partial charge on any atom is 0.297 e. The molecule has 0 heterocycles. The number of hydrogen-bond acceptors (Lipinski definition) is 4. The van der Waals surface area contributed by atoms with Crippen LogP contribution < -0.4 is 5.73 Å². The van der Waals surface area contributed by atoms with Crippen molar-refractivity contribution in [2.75, 3.05) is 5.73 Å². The topological polar surface area (TPSA) is 92.9 Å². The summed E-state index contributed by atoms with van der Waals surface area (Å²) in [7, 11) is 0. The zero-order valence-corrected chi connectivity index (χ0v) is 13.8. The predicted molar refractivity (Wildman–Crippen MR) is 84.4 cm³/mol. The molecular weight excluding hydrogens is 266 g/mol. The maximum absolute atomic E-state index is 11.5. The molecule has 0 radical (unpaired) electrons. The van der Waals surface area contributed by atoms with Gasteiger partial charge in [-0.25, -0.2) is 0 Å². The minimum atomic E-state index is -0.546. The standard InChI is InChI=1S/C16H23N3O2/c1-9-11(15(2,3)4)10(8-17)12(16(5,6)7)14(13(9)18)19(20)21/h18H2,1-7H3. The van der Waals surface area contributed by atoms with Gasteiger partial charge < -0.3 is 5.73 Å². The van der Waals surface area contributed by atoms with Crippen LogP contribution in [0.2, 0.25) is 0 Å².